The summed E-state index contributed by atoms with van der Waals surface area (Å²) in [4.78, 5) is 0. The predicted octanol–water partition coefficient (Wildman–Crippen LogP) is 2.77. The third kappa shape index (κ3) is 2.23. The Bertz CT molecular complexity index is 187. The maximum atomic E-state index is 6.59. The van der Waals surface area contributed by atoms with E-state index < -0.39 is 19.2 Å². The van der Waals surface area contributed by atoms with Gasteiger partial charge in [-0.1, -0.05) is 0 Å². The second-order valence-corrected chi connectivity index (χ2v) is 12.5. The molecule has 0 unspecified atom stereocenters. The van der Waals surface area contributed by atoms with Crippen LogP contribution in [-0.4, -0.2) is 42.7 Å². The van der Waals surface area contributed by atoms with Gasteiger partial charge in [-0.15, -0.1) is 0 Å². The zero-order chi connectivity index (χ0) is 11.3. The molecule has 1 aliphatic rings. The Hall–Kier alpha value is 1.01. The molecule has 1 aliphatic heterocycles. The molecule has 1 radical (unpaired) electrons. The fourth-order valence-corrected chi connectivity index (χ4v) is 13.2. The third-order valence-corrected chi connectivity index (χ3v) is 13.3. The van der Waals surface area contributed by atoms with Crippen LogP contribution >= 0.6 is 8.92 Å². The molecule has 1 fully saturated rings. The molecule has 0 aliphatic carbocycles. The van der Waals surface area contributed by atoms with E-state index in [0.717, 1.165) is 0 Å². The summed E-state index contributed by atoms with van der Waals surface area (Å²) in [5.74, 6) is 0. The van der Waals surface area contributed by atoms with Crippen molar-refractivity contribution in [3.63, 3.8) is 0 Å². The molecule has 0 N–H and O–H groups in total. The van der Waals surface area contributed by atoms with Gasteiger partial charge in [0.1, 0.15) is 0 Å². The summed E-state index contributed by atoms with van der Waals surface area (Å²) >= 11 is -1.95. The number of nitrogens with zero attached hydrogens (tertiary/aromatic N) is 2. The van der Waals surface area contributed by atoms with E-state index in [2.05, 4.69) is 54.7 Å². The first-order valence-electron chi connectivity index (χ1n) is 5.18. The van der Waals surface area contributed by atoms with Crippen molar-refractivity contribution in [3.8, 4) is 0 Å². The van der Waals surface area contributed by atoms with E-state index in [1.54, 1.807) is 0 Å². The number of hydrogen-bond acceptors (Lipinski definition) is 2. The monoisotopic (exact) mass is 325 g/mol. The summed E-state index contributed by atoms with van der Waals surface area (Å²) < 4.78 is 5.06. The van der Waals surface area contributed by atoms with Crippen LogP contribution in [0.5, 0.6) is 0 Å². The average Bonchev–Trinajstić information content (AvgIpc) is 1.78. The molecule has 14 heavy (non-hydrogen) atoms. The minimum absolute atomic E-state index is 0.234. The van der Waals surface area contributed by atoms with Crippen molar-refractivity contribution < 1.29 is 0 Å². The molecule has 0 atom stereocenters. The van der Waals surface area contributed by atoms with Gasteiger partial charge in [0.15, 0.2) is 0 Å². The Balaban J connectivity index is 2.76. The molecular formula is C10H22ClN2Sn. The Morgan fingerprint density at radius 2 is 1.21 bits per heavy atom. The molecule has 0 aromatic carbocycles. The van der Waals surface area contributed by atoms with Crippen LogP contribution in [0.1, 0.15) is 48.5 Å². The van der Waals surface area contributed by atoms with Crippen LogP contribution in [0, 0.1) is 0 Å². The van der Waals surface area contributed by atoms with E-state index in [4.69, 9.17) is 8.92 Å². The molecule has 0 bridgehead atoms. The predicted molar refractivity (Wildman–Crippen MR) is 64.3 cm³/mol. The standard InChI is InChI=1S/C10H22N2.ClH.Sn/c1-8(11-9(2,3)4)12-10(5,6)7;;/h8H,1-7H3;1H;/q-2;;+3/p-1. The summed E-state index contributed by atoms with van der Waals surface area (Å²) in [6.07, 6.45) is 0.516. The Morgan fingerprint density at radius 3 is 1.36 bits per heavy atom. The van der Waals surface area contributed by atoms with Crippen LogP contribution in [0.25, 0.3) is 0 Å². The van der Waals surface area contributed by atoms with Crippen molar-refractivity contribution in [3.05, 3.63) is 0 Å². The number of hydrogen-bond donors (Lipinski definition) is 0. The van der Waals surface area contributed by atoms with E-state index in [1.807, 2.05) is 0 Å². The van der Waals surface area contributed by atoms with Crippen LogP contribution in [0.4, 0.5) is 0 Å². The van der Waals surface area contributed by atoms with Gasteiger partial charge >= 0.3 is 100 Å². The van der Waals surface area contributed by atoms with E-state index in [1.165, 1.54) is 0 Å². The van der Waals surface area contributed by atoms with E-state index >= 15 is 0 Å². The fraction of sp³-hybridized carbons (Fsp3) is 1.00. The van der Waals surface area contributed by atoms with Crippen LogP contribution in [0.3, 0.4) is 0 Å². The molecule has 0 aromatic heterocycles. The fourth-order valence-electron chi connectivity index (χ4n) is 2.16. The molecule has 1 saturated heterocycles. The summed E-state index contributed by atoms with van der Waals surface area (Å²) in [5.41, 5.74) is 0.468. The topological polar surface area (TPSA) is 6.48 Å². The molecule has 83 valence electrons. The second kappa shape index (κ2) is 3.79. The zero-order valence-electron chi connectivity index (χ0n) is 10.3. The quantitative estimate of drug-likeness (QED) is 0.632. The summed E-state index contributed by atoms with van der Waals surface area (Å²) in [7, 11) is 6.59. The number of rotatable bonds is 0. The summed E-state index contributed by atoms with van der Waals surface area (Å²) in [6.45, 7) is 15.8. The Kier molecular flexibility index (Phi) is 3.54. The SMILES string of the molecule is CC1[N](C(C)(C)C)[Sn]([Cl])[N]1C(C)(C)C. The summed E-state index contributed by atoms with van der Waals surface area (Å²) in [6, 6.07) is 0. The van der Waals surface area contributed by atoms with E-state index in [9.17, 15) is 0 Å². The first-order valence-corrected chi connectivity index (χ1v) is 11.3. The van der Waals surface area contributed by atoms with Gasteiger partial charge in [-0.2, -0.15) is 0 Å². The molecule has 4 heteroatoms. The Labute approximate surface area is 99.8 Å². The van der Waals surface area contributed by atoms with Gasteiger partial charge in [-0.25, -0.2) is 0 Å². The molecule has 0 saturated carbocycles. The van der Waals surface area contributed by atoms with Gasteiger partial charge in [0, 0.05) is 0 Å². The zero-order valence-corrected chi connectivity index (χ0v) is 14.0. The van der Waals surface area contributed by atoms with E-state index in [-0.39, 0.29) is 11.1 Å². The second-order valence-electron chi connectivity index (χ2n) is 5.98. The first-order chi connectivity index (χ1) is 6.07. The van der Waals surface area contributed by atoms with Crippen molar-refractivity contribution in [2.75, 3.05) is 0 Å². The molecule has 1 heterocycles. The van der Waals surface area contributed by atoms with Gasteiger partial charge in [-0.05, 0) is 0 Å². The molecule has 0 aromatic rings. The van der Waals surface area contributed by atoms with Gasteiger partial charge in [0.05, 0.1) is 0 Å². The van der Waals surface area contributed by atoms with Crippen molar-refractivity contribution in [2.24, 2.45) is 0 Å². The molecule has 2 nitrogen and oxygen atoms in total. The molecular weight excluding hydrogens is 302 g/mol. The molecule has 0 amide bonds. The van der Waals surface area contributed by atoms with Gasteiger partial charge in [0.25, 0.3) is 0 Å². The van der Waals surface area contributed by atoms with Crippen LogP contribution in [0.2, 0.25) is 0 Å². The Morgan fingerprint density at radius 1 is 0.929 bits per heavy atom. The van der Waals surface area contributed by atoms with Gasteiger partial charge < -0.3 is 0 Å². The van der Waals surface area contributed by atoms with Crippen molar-refractivity contribution in [1.29, 1.82) is 0 Å². The number of halogens is 1. The van der Waals surface area contributed by atoms with Crippen molar-refractivity contribution in [2.45, 2.75) is 65.7 Å². The average molecular weight is 324 g/mol. The third-order valence-electron chi connectivity index (χ3n) is 2.59. The van der Waals surface area contributed by atoms with Gasteiger partial charge in [0.2, 0.25) is 0 Å². The normalized spacial score (nSPS) is 24.0. The minimum atomic E-state index is -1.95. The first kappa shape index (κ1) is 13.1. The summed E-state index contributed by atoms with van der Waals surface area (Å²) in [5, 5.41) is 0. The van der Waals surface area contributed by atoms with Crippen LogP contribution < -0.4 is 0 Å². The van der Waals surface area contributed by atoms with Gasteiger partial charge in [-0.3, -0.25) is 0 Å². The van der Waals surface area contributed by atoms with Crippen LogP contribution in [-0.2, 0) is 0 Å². The molecule has 0 spiro atoms. The van der Waals surface area contributed by atoms with Crippen LogP contribution in [0.15, 0.2) is 0 Å². The van der Waals surface area contributed by atoms with Crippen molar-refractivity contribution in [1.82, 2.24) is 6.24 Å². The maximum absolute atomic E-state index is 6.59. The molecule has 1 rings (SSSR count). The van der Waals surface area contributed by atoms with Crippen molar-refractivity contribution >= 4 is 28.1 Å². The van der Waals surface area contributed by atoms with E-state index in [0.29, 0.717) is 6.17 Å².